The van der Waals surface area contributed by atoms with Crippen molar-refractivity contribution < 1.29 is 39.7 Å². The second-order valence-corrected chi connectivity index (χ2v) is 4.25. The molecule has 1 aliphatic heterocycles. The molecule has 0 spiro atoms. The fraction of sp³-hybridized carbons (Fsp3) is 0.500. The van der Waals surface area contributed by atoms with Crippen molar-refractivity contribution in [2.24, 2.45) is 0 Å². The van der Waals surface area contributed by atoms with Gasteiger partial charge < -0.3 is 8.92 Å². The van der Waals surface area contributed by atoms with Crippen molar-refractivity contribution in [1.82, 2.24) is 0 Å². The second-order valence-electron chi connectivity index (χ2n) is 2.71. The molecule has 0 saturated carbocycles. The van der Waals surface area contributed by atoms with E-state index < -0.39 is 39.3 Å². The van der Waals surface area contributed by atoms with E-state index in [9.17, 15) is 30.8 Å². The number of hydrogen-bond acceptors (Lipinski definition) is 5. The van der Waals surface area contributed by atoms with Gasteiger partial charge in [-0.3, -0.25) is 0 Å². The molecule has 0 N–H and O–H groups in total. The molecule has 1 heterocycles. The van der Waals surface area contributed by atoms with Crippen LogP contribution in [-0.4, -0.2) is 26.0 Å². The summed E-state index contributed by atoms with van der Waals surface area (Å²) in [7, 11) is -6.00. The molecule has 0 radical (unpaired) electrons. The molecule has 10 heteroatoms. The predicted molar refractivity (Wildman–Crippen MR) is 39.7 cm³/mol. The van der Waals surface area contributed by atoms with Crippen molar-refractivity contribution in [3.05, 3.63) is 11.6 Å². The van der Waals surface area contributed by atoms with Gasteiger partial charge >= 0.3 is 21.6 Å². The summed E-state index contributed by atoms with van der Waals surface area (Å²) in [5.74, 6) is -4.66. The monoisotopic (exact) mass is 264 g/mol. The number of esters is 1. The molecule has 5 nitrogen and oxygen atoms in total. The average molecular weight is 264 g/mol. The van der Waals surface area contributed by atoms with Gasteiger partial charge in [0.05, 0.1) is 0 Å². The van der Waals surface area contributed by atoms with E-state index in [0.29, 0.717) is 0 Å². The third-order valence-corrected chi connectivity index (χ3v) is 2.50. The van der Waals surface area contributed by atoms with Crippen molar-refractivity contribution in [2.75, 3.05) is 0 Å². The highest BCUT2D eigenvalue weighted by molar-refractivity contribution is 7.87. The van der Waals surface area contributed by atoms with Crippen LogP contribution in [0.15, 0.2) is 11.6 Å². The first-order chi connectivity index (χ1) is 7.06. The molecule has 0 aromatic carbocycles. The molecular formula is C6H4F4O5S. The van der Waals surface area contributed by atoms with E-state index in [2.05, 4.69) is 8.92 Å². The van der Waals surface area contributed by atoms with Crippen LogP contribution < -0.4 is 0 Å². The summed E-state index contributed by atoms with van der Waals surface area (Å²) in [6.45, 7) is 0.964. The standard InChI is InChI=1S/C6H4F4O5S/c1-2-4(3(7)5(11)14-2)15-16(12,13)6(8,9)10/h2H,1H3. The lowest BCUT2D eigenvalue weighted by Crippen LogP contribution is -2.27. The van der Waals surface area contributed by atoms with Crippen LogP contribution in [-0.2, 0) is 23.8 Å². The summed E-state index contributed by atoms with van der Waals surface area (Å²) in [6, 6.07) is 0. The Hall–Kier alpha value is -1.32. The van der Waals surface area contributed by atoms with Crippen LogP contribution in [0.3, 0.4) is 0 Å². The third kappa shape index (κ3) is 2.10. The maximum atomic E-state index is 12.8. The summed E-state index contributed by atoms with van der Waals surface area (Å²) in [5, 5.41) is 0. The Kier molecular flexibility index (Phi) is 2.88. The van der Waals surface area contributed by atoms with Gasteiger partial charge in [-0.25, -0.2) is 4.79 Å². The number of halogens is 4. The van der Waals surface area contributed by atoms with Gasteiger partial charge in [0.1, 0.15) is 0 Å². The number of hydrogen-bond donors (Lipinski definition) is 0. The van der Waals surface area contributed by atoms with Gasteiger partial charge in [0.25, 0.3) is 5.83 Å². The summed E-state index contributed by atoms with van der Waals surface area (Å²) < 4.78 is 76.9. The van der Waals surface area contributed by atoms with Crippen LogP contribution in [0, 0.1) is 0 Å². The first-order valence-corrected chi connectivity index (χ1v) is 5.08. The summed E-state index contributed by atoms with van der Waals surface area (Å²) in [5.41, 5.74) is -5.70. The van der Waals surface area contributed by atoms with Crippen LogP contribution in [0.1, 0.15) is 6.92 Å². The summed E-state index contributed by atoms with van der Waals surface area (Å²) in [6.07, 6.45) is -1.52. The van der Waals surface area contributed by atoms with E-state index >= 15 is 0 Å². The van der Waals surface area contributed by atoms with Crippen molar-refractivity contribution in [2.45, 2.75) is 18.5 Å². The Morgan fingerprint density at radius 2 is 1.88 bits per heavy atom. The zero-order valence-electron chi connectivity index (χ0n) is 7.54. The molecule has 0 amide bonds. The fourth-order valence-corrected chi connectivity index (χ4v) is 1.35. The number of alkyl halides is 3. The van der Waals surface area contributed by atoms with Gasteiger partial charge in [0, 0.05) is 0 Å². The van der Waals surface area contributed by atoms with E-state index in [4.69, 9.17) is 0 Å². The van der Waals surface area contributed by atoms with E-state index in [1.165, 1.54) is 0 Å². The molecule has 16 heavy (non-hydrogen) atoms. The first-order valence-electron chi connectivity index (χ1n) is 3.67. The minimum absolute atomic E-state index is 0.964. The fourth-order valence-electron chi connectivity index (χ4n) is 0.815. The van der Waals surface area contributed by atoms with E-state index in [1.807, 2.05) is 0 Å². The number of carbonyl (C=O) groups is 1. The SMILES string of the molecule is CC1OC(=O)C(F)=C1OS(=O)(=O)C(F)(F)F. The number of carbonyl (C=O) groups excluding carboxylic acids is 1. The quantitative estimate of drug-likeness (QED) is 0.322. The van der Waals surface area contributed by atoms with Gasteiger partial charge in [-0.15, -0.1) is 0 Å². The molecule has 0 aliphatic carbocycles. The molecule has 0 bridgehead atoms. The molecule has 1 atom stereocenters. The zero-order chi connectivity index (χ0) is 12.7. The molecule has 0 fully saturated rings. The third-order valence-electron chi connectivity index (χ3n) is 1.53. The summed E-state index contributed by atoms with van der Waals surface area (Å²) in [4.78, 5) is 10.5. The molecule has 1 unspecified atom stereocenters. The Morgan fingerprint density at radius 1 is 1.38 bits per heavy atom. The number of rotatable bonds is 2. The first kappa shape index (κ1) is 12.7. The van der Waals surface area contributed by atoms with Gasteiger partial charge in [-0.1, -0.05) is 0 Å². The molecule has 1 rings (SSSR count). The smallest absolute Gasteiger partial charge is 0.449 e. The lowest BCUT2D eigenvalue weighted by molar-refractivity contribution is -0.140. The molecule has 0 aromatic heterocycles. The lowest BCUT2D eigenvalue weighted by Gasteiger charge is -2.11. The molecule has 0 aromatic rings. The van der Waals surface area contributed by atoms with E-state index in [1.54, 1.807) is 0 Å². The van der Waals surface area contributed by atoms with Crippen LogP contribution in [0.25, 0.3) is 0 Å². The topological polar surface area (TPSA) is 69.7 Å². The normalized spacial score (nSPS) is 22.3. The van der Waals surface area contributed by atoms with Crippen molar-refractivity contribution in [1.29, 1.82) is 0 Å². The lowest BCUT2D eigenvalue weighted by atomic mass is 10.3. The van der Waals surface area contributed by atoms with Crippen molar-refractivity contribution in [3.8, 4) is 0 Å². The highest BCUT2D eigenvalue weighted by Crippen LogP contribution is 2.32. The highest BCUT2D eigenvalue weighted by atomic mass is 32.2. The molecular weight excluding hydrogens is 260 g/mol. The van der Waals surface area contributed by atoms with E-state index in [0.717, 1.165) is 6.92 Å². The van der Waals surface area contributed by atoms with Crippen molar-refractivity contribution >= 4 is 16.1 Å². The number of ether oxygens (including phenoxy) is 1. The van der Waals surface area contributed by atoms with Crippen LogP contribution in [0.5, 0.6) is 0 Å². The van der Waals surface area contributed by atoms with Gasteiger partial charge in [-0.2, -0.15) is 26.0 Å². The second kappa shape index (κ2) is 3.61. The maximum Gasteiger partial charge on any atom is 0.534 e. The average Bonchev–Trinajstić information content (AvgIpc) is 2.30. The largest absolute Gasteiger partial charge is 0.534 e. The predicted octanol–water partition coefficient (Wildman–Crippen LogP) is 0.979. The molecule has 1 aliphatic rings. The highest BCUT2D eigenvalue weighted by Gasteiger charge is 2.51. The van der Waals surface area contributed by atoms with Gasteiger partial charge in [-0.05, 0) is 6.92 Å². The Labute approximate surface area is 86.8 Å². The Balaban J connectivity index is 3.04. The van der Waals surface area contributed by atoms with Gasteiger partial charge in [0.2, 0.25) is 5.76 Å². The van der Waals surface area contributed by atoms with Gasteiger partial charge in [0.15, 0.2) is 6.10 Å². The van der Waals surface area contributed by atoms with E-state index in [-0.39, 0.29) is 0 Å². The minimum Gasteiger partial charge on any atom is -0.449 e. The van der Waals surface area contributed by atoms with Crippen molar-refractivity contribution in [3.63, 3.8) is 0 Å². The molecule has 0 saturated heterocycles. The zero-order valence-corrected chi connectivity index (χ0v) is 8.36. The van der Waals surface area contributed by atoms with Crippen LogP contribution in [0.2, 0.25) is 0 Å². The van der Waals surface area contributed by atoms with Crippen LogP contribution in [0.4, 0.5) is 17.6 Å². The number of cyclic esters (lactones) is 1. The Morgan fingerprint density at radius 3 is 2.19 bits per heavy atom. The maximum absolute atomic E-state index is 12.8. The molecule has 92 valence electrons. The Bertz CT molecular complexity index is 448. The minimum atomic E-state index is -6.00. The van der Waals surface area contributed by atoms with Crippen LogP contribution >= 0.6 is 0 Å². The summed E-state index contributed by atoms with van der Waals surface area (Å²) >= 11 is 0.